The second-order valence-corrected chi connectivity index (χ2v) is 5.03. The predicted molar refractivity (Wildman–Crippen MR) is 65.9 cm³/mol. The fraction of sp³-hybridized carbons (Fsp3) is 0. The number of hydrogen-bond donors (Lipinski definition) is 2. The van der Waals surface area contributed by atoms with Crippen molar-refractivity contribution in [3.63, 3.8) is 0 Å². The maximum atomic E-state index is 12.0. The van der Waals surface area contributed by atoms with Gasteiger partial charge in [-0.05, 0) is 24.3 Å². The van der Waals surface area contributed by atoms with Gasteiger partial charge < -0.3 is 5.73 Å². The van der Waals surface area contributed by atoms with E-state index >= 15 is 0 Å². The Labute approximate surface area is 99.4 Å². The summed E-state index contributed by atoms with van der Waals surface area (Å²) in [5, 5.41) is 0. The van der Waals surface area contributed by atoms with E-state index < -0.39 is 10.0 Å². The molecule has 0 amide bonds. The zero-order chi connectivity index (χ0) is 12.3. The molecule has 0 saturated carbocycles. The van der Waals surface area contributed by atoms with Gasteiger partial charge in [0.2, 0.25) is 0 Å². The average Bonchev–Trinajstić information content (AvgIpc) is 2.30. The van der Waals surface area contributed by atoms with Crippen LogP contribution >= 0.6 is 0 Å². The lowest BCUT2D eigenvalue weighted by Crippen LogP contribution is -2.14. The van der Waals surface area contributed by atoms with Crippen molar-refractivity contribution < 1.29 is 8.42 Å². The van der Waals surface area contributed by atoms with Crippen LogP contribution in [0, 0.1) is 0 Å². The monoisotopic (exact) mass is 249 g/mol. The van der Waals surface area contributed by atoms with Crippen molar-refractivity contribution in [2.45, 2.75) is 4.90 Å². The van der Waals surface area contributed by atoms with Crippen LogP contribution in [-0.2, 0) is 10.0 Å². The van der Waals surface area contributed by atoms with Gasteiger partial charge in [0.25, 0.3) is 10.0 Å². The number of nitrogens with two attached hydrogens (primary N) is 1. The van der Waals surface area contributed by atoms with Gasteiger partial charge in [-0.25, -0.2) is 8.42 Å². The zero-order valence-electron chi connectivity index (χ0n) is 8.87. The van der Waals surface area contributed by atoms with Crippen LogP contribution in [0.5, 0.6) is 0 Å². The summed E-state index contributed by atoms with van der Waals surface area (Å²) >= 11 is 0. The molecule has 0 radical (unpaired) electrons. The highest BCUT2D eigenvalue weighted by Crippen LogP contribution is 2.20. The van der Waals surface area contributed by atoms with E-state index in [-0.39, 0.29) is 10.6 Å². The van der Waals surface area contributed by atoms with Gasteiger partial charge in [0.05, 0.1) is 11.4 Å². The average molecular weight is 249 g/mol. The molecule has 1 aromatic carbocycles. The van der Waals surface area contributed by atoms with E-state index in [1.54, 1.807) is 30.3 Å². The van der Waals surface area contributed by atoms with Crippen LogP contribution < -0.4 is 10.5 Å². The van der Waals surface area contributed by atoms with E-state index in [0.717, 1.165) is 0 Å². The van der Waals surface area contributed by atoms with E-state index in [9.17, 15) is 8.42 Å². The minimum absolute atomic E-state index is 0.0665. The van der Waals surface area contributed by atoms with Gasteiger partial charge >= 0.3 is 0 Å². The van der Waals surface area contributed by atoms with Crippen LogP contribution in [-0.4, -0.2) is 13.4 Å². The Morgan fingerprint density at radius 1 is 1.06 bits per heavy atom. The molecule has 1 aromatic heterocycles. The van der Waals surface area contributed by atoms with Gasteiger partial charge in [0.1, 0.15) is 4.90 Å². The highest BCUT2D eigenvalue weighted by atomic mass is 32.2. The largest absolute Gasteiger partial charge is 0.398 e. The molecule has 0 fully saturated rings. The van der Waals surface area contributed by atoms with Gasteiger partial charge in [-0.2, -0.15) is 0 Å². The summed E-state index contributed by atoms with van der Waals surface area (Å²) in [4.78, 5) is 3.87. The van der Waals surface area contributed by atoms with Crippen LogP contribution in [0.25, 0.3) is 0 Å². The van der Waals surface area contributed by atoms with Crippen LogP contribution in [0.4, 0.5) is 11.4 Å². The molecule has 3 N–H and O–H groups in total. The molecule has 0 spiro atoms. The summed E-state index contributed by atoms with van der Waals surface area (Å²) in [5.41, 5.74) is 6.29. The lowest BCUT2D eigenvalue weighted by atomic mass is 10.3. The fourth-order valence-corrected chi connectivity index (χ4v) is 2.55. The number of rotatable bonds is 3. The smallest absolute Gasteiger partial charge is 0.263 e. The van der Waals surface area contributed by atoms with Crippen molar-refractivity contribution in [3.8, 4) is 0 Å². The summed E-state index contributed by atoms with van der Waals surface area (Å²) < 4.78 is 26.4. The van der Waals surface area contributed by atoms with E-state index in [4.69, 9.17) is 5.73 Å². The summed E-state index contributed by atoms with van der Waals surface area (Å²) in [6.45, 7) is 0. The highest BCUT2D eigenvalue weighted by Gasteiger charge is 2.16. The molecule has 0 aliphatic carbocycles. The van der Waals surface area contributed by atoms with Crippen molar-refractivity contribution in [1.82, 2.24) is 4.98 Å². The Morgan fingerprint density at radius 3 is 2.35 bits per heavy atom. The van der Waals surface area contributed by atoms with Crippen LogP contribution in [0.2, 0.25) is 0 Å². The van der Waals surface area contributed by atoms with E-state index in [1.165, 1.54) is 18.5 Å². The van der Waals surface area contributed by atoms with Crippen LogP contribution in [0.1, 0.15) is 0 Å². The topological polar surface area (TPSA) is 85.1 Å². The molecule has 5 nitrogen and oxygen atoms in total. The van der Waals surface area contributed by atoms with Crippen molar-refractivity contribution in [3.05, 3.63) is 48.8 Å². The number of para-hydroxylation sites is 1. The predicted octanol–water partition coefficient (Wildman–Crippen LogP) is 1.46. The van der Waals surface area contributed by atoms with Crippen LogP contribution in [0.15, 0.2) is 53.7 Å². The Morgan fingerprint density at radius 2 is 1.71 bits per heavy atom. The molecule has 0 aliphatic heterocycles. The van der Waals surface area contributed by atoms with Gasteiger partial charge in [0.15, 0.2) is 0 Å². The maximum Gasteiger partial charge on any atom is 0.263 e. The first-order valence-corrected chi connectivity index (χ1v) is 6.35. The Bertz CT molecular complexity index is 612. The standard InChI is InChI=1S/C11H11N3O2S/c12-10-3-1-2-4-11(10)17(15,16)14-9-5-7-13-8-6-9/h1-8H,12H2,(H,13,14). The number of sulfonamides is 1. The molecular formula is C11H11N3O2S. The number of hydrogen-bond acceptors (Lipinski definition) is 4. The van der Waals surface area contributed by atoms with Crippen molar-refractivity contribution in [2.75, 3.05) is 10.5 Å². The highest BCUT2D eigenvalue weighted by molar-refractivity contribution is 7.92. The van der Waals surface area contributed by atoms with Crippen LogP contribution in [0.3, 0.4) is 0 Å². The van der Waals surface area contributed by atoms with Gasteiger partial charge in [0, 0.05) is 12.4 Å². The number of pyridine rings is 1. The first-order valence-electron chi connectivity index (χ1n) is 4.87. The normalized spacial score (nSPS) is 11.1. The quantitative estimate of drug-likeness (QED) is 0.806. The zero-order valence-corrected chi connectivity index (χ0v) is 9.68. The molecular weight excluding hydrogens is 238 g/mol. The molecule has 0 saturated heterocycles. The number of nitrogens with one attached hydrogen (secondary N) is 1. The molecule has 17 heavy (non-hydrogen) atoms. The Balaban J connectivity index is 2.36. The first-order chi connectivity index (χ1) is 8.09. The van der Waals surface area contributed by atoms with E-state index in [0.29, 0.717) is 5.69 Å². The number of nitrogen functional groups attached to an aromatic ring is 1. The fourth-order valence-electron chi connectivity index (χ4n) is 1.36. The number of anilines is 2. The lowest BCUT2D eigenvalue weighted by molar-refractivity contribution is 0.601. The minimum Gasteiger partial charge on any atom is -0.398 e. The Kier molecular flexibility index (Phi) is 2.97. The number of aromatic nitrogens is 1. The molecule has 88 valence electrons. The molecule has 0 bridgehead atoms. The van der Waals surface area contributed by atoms with Crippen molar-refractivity contribution >= 4 is 21.4 Å². The van der Waals surface area contributed by atoms with Gasteiger partial charge in [-0.3, -0.25) is 9.71 Å². The Hall–Kier alpha value is -2.08. The first kappa shape index (κ1) is 11.4. The molecule has 6 heteroatoms. The molecule has 1 heterocycles. The van der Waals surface area contributed by atoms with E-state index in [1.807, 2.05) is 0 Å². The second-order valence-electron chi connectivity index (χ2n) is 3.38. The second kappa shape index (κ2) is 4.42. The SMILES string of the molecule is Nc1ccccc1S(=O)(=O)Nc1ccncc1. The summed E-state index contributed by atoms with van der Waals surface area (Å²) in [7, 11) is -3.65. The lowest BCUT2D eigenvalue weighted by Gasteiger charge is -2.09. The number of benzene rings is 1. The summed E-state index contributed by atoms with van der Waals surface area (Å²) in [6.07, 6.45) is 3.01. The third-order valence-electron chi connectivity index (χ3n) is 2.14. The van der Waals surface area contributed by atoms with Gasteiger partial charge in [-0.1, -0.05) is 12.1 Å². The third kappa shape index (κ3) is 2.54. The molecule has 0 aliphatic rings. The van der Waals surface area contributed by atoms with Crippen molar-refractivity contribution in [2.24, 2.45) is 0 Å². The maximum absolute atomic E-state index is 12.0. The molecule has 0 unspecified atom stereocenters. The van der Waals surface area contributed by atoms with E-state index in [2.05, 4.69) is 9.71 Å². The van der Waals surface area contributed by atoms with Gasteiger partial charge in [-0.15, -0.1) is 0 Å². The number of nitrogens with zero attached hydrogens (tertiary/aromatic N) is 1. The summed E-state index contributed by atoms with van der Waals surface area (Å²) in [6, 6.07) is 9.44. The van der Waals surface area contributed by atoms with Crippen molar-refractivity contribution in [1.29, 1.82) is 0 Å². The summed E-state index contributed by atoms with van der Waals surface area (Å²) in [5.74, 6) is 0. The third-order valence-corrected chi connectivity index (χ3v) is 3.60. The minimum atomic E-state index is -3.65. The molecule has 2 rings (SSSR count). The molecule has 2 aromatic rings. The molecule has 0 atom stereocenters.